The number of hydrogen-bond acceptors (Lipinski definition) is 5. The fourth-order valence-corrected chi connectivity index (χ4v) is 8.99. The van der Waals surface area contributed by atoms with Gasteiger partial charge in [-0.1, -0.05) is 87.9 Å². The van der Waals surface area contributed by atoms with Crippen LogP contribution >= 0.6 is 0 Å². The van der Waals surface area contributed by atoms with Gasteiger partial charge in [-0.25, -0.2) is 9.59 Å². The van der Waals surface area contributed by atoms with Crippen LogP contribution in [0.1, 0.15) is 125 Å². The highest BCUT2D eigenvalue weighted by molar-refractivity contribution is 5.88. The second-order valence-electron chi connectivity index (χ2n) is 15.6. The summed E-state index contributed by atoms with van der Waals surface area (Å²) >= 11 is 0. The number of aliphatic hydroxyl groups is 1. The van der Waals surface area contributed by atoms with Crippen LogP contribution in [-0.4, -0.2) is 36.9 Å². The van der Waals surface area contributed by atoms with Gasteiger partial charge in [0, 0.05) is 11.5 Å². The van der Waals surface area contributed by atoms with Crippen molar-refractivity contribution in [2.75, 3.05) is 19.8 Å². The molecule has 0 aliphatic heterocycles. The molecule has 0 amide bonds. The van der Waals surface area contributed by atoms with Crippen molar-refractivity contribution >= 4 is 11.9 Å². The number of hydrogen-bond donors (Lipinski definition) is 1. The number of esters is 2. The standard InChI is InChI=1S/C44H60O5/c1-5-6-32-9-15-35(16-10-32)38-21-23-41-26-39(22-24-40(41)25-38)36-17-11-33(12-18-36)7-8-34-13-19-37(20-14-34)42(28-48-43(46)30(2)3)29-49-44(47)31(4)27-45/h9-12,15-18,34,37-42,45H,2,4-8,13-14,19-29H2,1,3H3. The molecule has 2 aromatic rings. The highest BCUT2D eigenvalue weighted by Gasteiger charge is 2.36. The van der Waals surface area contributed by atoms with Gasteiger partial charge in [-0.15, -0.1) is 0 Å². The molecule has 5 atom stereocenters. The van der Waals surface area contributed by atoms with Gasteiger partial charge in [0.05, 0.1) is 25.4 Å². The van der Waals surface area contributed by atoms with Crippen molar-refractivity contribution in [1.29, 1.82) is 0 Å². The summed E-state index contributed by atoms with van der Waals surface area (Å²) in [5.41, 5.74) is 6.41. The largest absolute Gasteiger partial charge is 0.462 e. The van der Waals surface area contributed by atoms with E-state index in [9.17, 15) is 14.7 Å². The molecule has 5 nitrogen and oxygen atoms in total. The molecule has 1 N–H and O–H groups in total. The van der Waals surface area contributed by atoms with Crippen molar-refractivity contribution < 1.29 is 24.2 Å². The third-order valence-corrected chi connectivity index (χ3v) is 12.1. The molecule has 3 aliphatic carbocycles. The molecule has 0 spiro atoms. The Kier molecular flexibility index (Phi) is 13.8. The van der Waals surface area contributed by atoms with Crippen molar-refractivity contribution in [3.05, 3.63) is 95.1 Å². The molecule has 2 aromatic carbocycles. The highest BCUT2D eigenvalue weighted by atomic mass is 16.5. The van der Waals surface area contributed by atoms with E-state index in [1.807, 2.05) is 0 Å². The Balaban J connectivity index is 1.05. The van der Waals surface area contributed by atoms with Crippen LogP contribution in [0.4, 0.5) is 0 Å². The Hall–Kier alpha value is -3.18. The molecule has 3 fully saturated rings. The van der Waals surface area contributed by atoms with Gasteiger partial charge in [0.1, 0.15) is 0 Å². The van der Waals surface area contributed by atoms with E-state index in [-0.39, 0.29) is 24.7 Å². The third-order valence-electron chi connectivity index (χ3n) is 12.1. The molecular formula is C44H60O5. The minimum Gasteiger partial charge on any atom is -0.462 e. The number of aryl methyl sites for hydroxylation is 2. The number of rotatable bonds is 15. The summed E-state index contributed by atoms with van der Waals surface area (Å²) in [6, 6.07) is 19.2. The van der Waals surface area contributed by atoms with Gasteiger partial charge in [-0.2, -0.15) is 0 Å². The lowest BCUT2D eigenvalue weighted by Gasteiger charge is -2.42. The van der Waals surface area contributed by atoms with Crippen molar-refractivity contribution in [3.8, 4) is 0 Å². The Bertz CT molecular complexity index is 1380. The molecule has 5 unspecified atom stereocenters. The lowest BCUT2D eigenvalue weighted by molar-refractivity contribution is -0.146. The van der Waals surface area contributed by atoms with Crippen LogP contribution in [-0.2, 0) is 31.9 Å². The summed E-state index contributed by atoms with van der Waals surface area (Å²) < 4.78 is 10.9. The van der Waals surface area contributed by atoms with E-state index in [1.54, 1.807) is 12.5 Å². The second-order valence-corrected chi connectivity index (χ2v) is 15.6. The first kappa shape index (κ1) is 37.1. The van der Waals surface area contributed by atoms with Gasteiger partial charge in [-0.3, -0.25) is 0 Å². The fourth-order valence-electron chi connectivity index (χ4n) is 8.99. The van der Waals surface area contributed by atoms with E-state index in [4.69, 9.17) is 9.47 Å². The maximum atomic E-state index is 12.1. The Labute approximate surface area is 295 Å². The maximum Gasteiger partial charge on any atom is 0.335 e. The number of carbonyl (C=O) groups excluding carboxylic acids is 2. The minimum absolute atomic E-state index is 0.0314. The normalized spacial score (nSPS) is 25.9. The summed E-state index contributed by atoms with van der Waals surface area (Å²) in [4.78, 5) is 24.2. The number of ether oxygens (including phenoxy) is 2. The molecule has 5 heteroatoms. The van der Waals surface area contributed by atoms with E-state index in [0.29, 0.717) is 23.3 Å². The molecule has 49 heavy (non-hydrogen) atoms. The SMILES string of the molecule is C=C(C)C(=O)OCC(COC(=O)C(=C)CO)C1CCC(CCc2ccc(C3CCC4CC(c5ccc(CCC)cc5)CCC4C3)cc2)CC1. The van der Waals surface area contributed by atoms with Gasteiger partial charge in [0.15, 0.2) is 0 Å². The highest BCUT2D eigenvalue weighted by Crippen LogP contribution is 2.50. The smallest absolute Gasteiger partial charge is 0.335 e. The summed E-state index contributed by atoms with van der Waals surface area (Å²) in [6.45, 7) is 11.0. The summed E-state index contributed by atoms with van der Waals surface area (Å²) in [6.07, 6.45) is 17.2. The van der Waals surface area contributed by atoms with Gasteiger partial charge < -0.3 is 14.6 Å². The van der Waals surface area contributed by atoms with Crippen molar-refractivity contribution in [3.63, 3.8) is 0 Å². The quantitative estimate of drug-likeness (QED) is 0.151. The Morgan fingerprint density at radius 3 is 1.73 bits per heavy atom. The van der Waals surface area contributed by atoms with Gasteiger partial charge in [0.2, 0.25) is 0 Å². The van der Waals surface area contributed by atoms with Crippen LogP contribution in [0.3, 0.4) is 0 Å². The lowest BCUT2D eigenvalue weighted by atomic mass is 9.63. The van der Waals surface area contributed by atoms with Gasteiger partial charge in [-0.05, 0) is 135 Å². The maximum absolute atomic E-state index is 12.1. The summed E-state index contributed by atoms with van der Waals surface area (Å²) in [5.74, 6) is 3.11. The van der Waals surface area contributed by atoms with Crippen molar-refractivity contribution in [1.82, 2.24) is 0 Å². The molecule has 266 valence electrons. The Morgan fingerprint density at radius 2 is 1.24 bits per heavy atom. The zero-order chi connectivity index (χ0) is 34.8. The first-order chi connectivity index (χ1) is 23.7. The van der Waals surface area contributed by atoms with E-state index >= 15 is 0 Å². The molecule has 3 saturated carbocycles. The third kappa shape index (κ3) is 10.4. The molecule has 0 aromatic heterocycles. The van der Waals surface area contributed by atoms with Crippen LogP contribution in [0.15, 0.2) is 72.8 Å². The zero-order valence-electron chi connectivity index (χ0n) is 30.2. The van der Waals surface area contributed by atoms with Crippen LogP contribution < -0.4 is 0 Å². The topological polar surface area (TPSA) is 72.8 Å². The average Bonchev–Trinajstić information content (AvgIpc) is 3.14. The van der Waals surface area contributed by atoms with E-state index in [1.165, 1.54) is 74.5 Å². The zero-order valence-corrected chi connectivity index (χ0v) is 30.2. The van der Waals surface area contributed by atoms with Gasteiger partial charge >= 0.3 is 11.9 Å². The predicted octanol–water partition coefficient (Wildman–Crippen LogP) is 9.67. The monoisotopic (exact) mass is 668 g/mol. The molecular weight excluding hydrogens is 608 g/mol. The summed E-state index contributed by atoms with van der Waals surface area (Å²) in [5, 5.41) is 9.20. The number of fused-ring (bicyclic) bond motifs is 1. The number of carbonyl (C=O) groups is 2. The van der Waals surface area contributed by atoms with Crippen LogP contribution in [0.25, 0.3) is 0 Å². The average molecular weight is 669 g/mol. The van der Waals surface area contributed by atoms with Crippen molar-refractivity contribution in [2.45, 2.75) is 116 Å². The molecule has 3 aliphatic rings. The van der Waals surface area contributed by atoms with Crippen LogP contribution in [0.2, 0.25) is 0 Å². The van der Waals surface area contributed by atoms with Crippen molar-refractivity contribution in [2.24, 2.45) is 29.6 Å². The fraction of sp³-hybridized carbons (Fsp3) is 0.591. The first-order valence-corrected chi connectivity index (χ1v) is 19.2. The number of benzene rings is 2. The van der Waals surface area contributed by atoms with E-state index in [2.05, 4.69) is 68.6 Å². The van der Waals surface area contributed by atoms with Crippen LogP contribution in [0, 0.1) is 29.6 Å². The molecule has 5 rings (SSSR count). The number of aliphatic hydroxyl groups excluding tert-OH is 1. The molecule has 0 heterocycles. The molecule has 0 bridgehead atoms. The van der Waals surface area contributed by atoms with E-state index in [0.717, 1.165) is 49.9 Å². The lowest BCUT2D eigenvalue weighted by Crippen LogP contribution is -2.31. The predicted molar refractivity (Wildman–Crippen MR) is 197 cm³/mol. The minimum atomic E-state index is -0.599. The van der Waals surface area contributed by atoms with Crippen LogP contribution in [0.5, 0.6) is 0 Å². The molecule has 0 saturated heterocycles. The first-order valence-electron chi connectivity index (χ1n) is 19.2. The van der Waals surface area contributed by atoms with E-state index < -0.39 is 18.5 Å². The summed E-state index contributed by atoms with van der Waals surface area (Å²) in [7, 11) is 0. The van der Waals surface area contributed by atoms with Gasteiger partial charge in [0.25, 0.3) is 0 Å². The second kappa shape index (κ2) is 18.2. The molecule has 0 radical (unpaired) electrons. The Morgan fingerprint density at radius 1 is 0.735 bits per heavy atom.